The van der Waals surface area contributed by atoms with Gasteiger partial charge in [-0.05, 0) is 12.1 Å². The molecule has 1 unspecified atom stereocenters. The minimum absolute atomic E-state index is 0.214. The Morgan fingerprint density at radius 1 is 1.60 bits per heavy atom. The second-order valence-corrected chi connectivity index (χ2v) is 3.22. The SMILES string of the molecule is C#CCNC(C#N)c1ccc(F)cc1Cl. The number of nitrogens with one attached hydrogen (secondary N) is 1. The van der Waals surface area contributed by atoms with E-state index in [4.69, 9.17) is 23.3 Å². The Morgan fingerprint density at radius 2 is 2.33 bits per heavy atom. The number of rotatable bonds is 3. The lowest BCUT2D eigenvalue weighted by atomic mass is 10.1. The van der Waals surface area contributed by atoms with E-state index in [1.807, 2.05) is 6.07 Å². The molecule has 0 saturated heterocycles. The van der Waals surface area contributed by atoms with E-state index in [0.29, 0.717) is 5.56 Å². The van der Waals surface area contributed by atoms with Gasteiger partial charge in [0.1, 0.15) is 11.9 Å². The predicted octanol–water partition coefficient (Wildman–Crippen LogP) is 2.27. The largest absolute Gasteiger partial charge is 0.287 e. The molecule has 0 heterocycles. The third kappa shape index (κ3) is 2.95. The molecule has 1 rings (SSSR count). The summed E-state index contributed by atoms with van der Waals surface area (Å²) in [4.78, 5) is 0. The molecule has 0 fully saturated rings. The van der Waals surface area contributed by atoms with Crippen LogP contribution >= 0.6 is 11.6 Å². The zero-order valence-electron chi connectivity index (χ0n) is 7.80. The molecule has 0 spiro atoms. The molecule has 1 atom stereocenters. The van der Waals surface area contributed by atoms with Gasteiger partial charge in [-0.1, -0.05) is 23.6 Å². The Bertz CT molecular complexity index is 431. The lowest BCUT2D eigenvalue weighted by molar-refractivity contribution is 0.624. The van der Waals surface area contributed by atoms with E-state index in [0.717, 1.165) is 0 Å². The van der Waals surface area contributed by atoms with Gasteiger partial charge in [-0.25, -0.2) is 4.39 Å². The molecule has 4 heteroatoms. The third-order valence-corrected chi connectivity index (χ3v) is 2.14. The summed E-state index contributed by atoms with van der Waals surface area (Å²) in [6.45, 7) is 0.256. The van der Waals surface area contributed by atoms with E-state index in [2.05, 4.69) is 11.2 Å². The van der Waals surface area contributed by atoms with Crippen molar-refractivity contribution in [2.45, 2.75) is 6.04 Å². The van der Waals surface area contributed by atoms with Crippen molar-refractivity contribution in [1.29, 1.82) is 5.26 Å². The van der Waals surface area contributed by atoms with Crippen LogP contribution in [-0.4, -0.2) is 6.54 Å². The van der Waals surface area contributed by atoms with Crippen LogP contribution in [0.25, 0.3) is 0 Å². The number of nitrogens with zero attached hydrogens (tertiary/aromatic N) is 1. The maximum absolute atomic E-state index is 12.7. The van der Waals surface area contributed by atoms with Gasteiger partial charge < -0.3 is 0 Å². The Morgan fingerprint density at radius 3 is 2.87 bits per heavy atom. The maximum atomic E-state index is 12.7. The lowest BCUT2D eigenvalue weighted by Gasteiger charge is -2.11. The number of hydrogen-bond acceptors (Lipinski definition) is 2. The fourth-order valence-electron chi connectivity index (χ4n) is 1.12. The third-order valence-electron chi connectivity index (χ3n) is 1.81. The first-order valence-electron chi connectivity index (χ1n) is 4.20. The minimum atomic E-state index is -0.617. The first-order valence-corrected chi connectivity index (χ1v) is 4.58. The standard InChI is InChI=1S/C11H8ClFN2/c1-2-5-15-11(7-14)9-4-3-8(13)6-10(9)12/h1,3-4,6,11,15H,5H2. The topological polar surface area (TPSA) is 35.8 Å². The highest BCUT2D eigenvalue weighted by Gasteiger charge is 2.13. The molecule has 0 aromatic heterocycles. The molecule has 1 N–H and O–H groups in total. The van der Waals surface area contributed by atoms with Gasteiger partial charge in [0.25, 0.3) is 0 Å². The van der Waals surface area contributed by atoms with Crippen LogP contribution in [0.15, 0.2) is 18.2 Å². The van der Waals surface area contributed by atoms with Gasteiger partial charge in [-0.15, -0.1) is 6.42 Å². The smallest absolute Gasteiger partial charge is 0.124 e. The van der Waals surface area contributed by atoms with Crippen molar-refractivity contribution < 1.29 is 4.39 Å². The average molecular weight is 223 g/mol. The van der Waals surface area contributed by atoms with Crippen LogP contribution in [0, 0.1) is 29.5 Å². The first-order chi connectivity index (χ1) is 7.19. The second kappa shape index (κ2) is 5.36. The average Bonchev–Trinajstić information content (AvgIpc) is 2.21. The van der Waals surface area contributed by atoms with Gasteiger partial charge in [0.05, 0.1) is 12.6 Å². The molecule has 0 aliphatic heterocycles. The van der Waals surface area contributed by atoms with E-state index in [-0.39, 0.29) is 11.6 Å². The summed E-state index contributed by atoms with van der Waals surface area (Å²) in [6, 6.07) is 5.27. The van der Waals surface area contributed by atoms with Gasteiger partial charge >= 0.3 is 0 Å². The Kier molecular flexibility index (Phi) is 4.12. The van der Waals surface area contributed by atoms with Gasteiger partial charge in [0.2, 0.25) is 0 Å². The second-order valence-electron chi connectivity index (χ2n) is 2.81. The fraction of sp³-hybridized carbons (Fsp3) is 0.182. The molecular weight excluding hydrogens is 215 g/mol. The van der Waals surface area contributed by atoms with Crippen LogP contribution < -0.4 is 5.32 Å². The van der Waals surface area contributed by atoms with E-state index >= 15 is 0 Å². The van der Waals surface area contributed by atoms with Crippen LogP contribution in [0.5, 0.6) is 0 Å². The van der Waals surface area contributed by atoms with Crippen LogP contribution in [0.2, 0.25) is 5.02 Å². The van der Waals surface area contributed by atoms with Crippen molar-refractivity contribution in [3.63, 3.8) is 0 Å². The molecule has 2 nitrogen and oxygen atoms in total. The monoisotopic (exact) mass is 222 g/mol. The molecule has 0 saturated carbocycles. The van der Waals surface area contributed by atoms with E-state index in [1.165, 1.54) is 18.2 Å². The zero-order chi connectivity index (χ0) is 11.3. The molecule has 15 heavy (non-hydrogen) atoms. The summed E-state index contributed by atoms with van der Waals surface area (Å²) in [5.41, 5.74) is 0.524. The van der Waals surface area contributed by atoms with Gasteiger partial charge in [-0.3, -0.25) is 5.32 Å². The van der Waals surface area contributed by atoms with Crippen molar-refractivity contribution in [2.75, 3.05) is 6.54 Å². The zero-order valence-corrected chi connectivity index (χ0v) is 8.55. The van der Waals surface area contributed by atoms with Gasteiger partial charge in [0.15, 0.2) is 0 Å². The minimum Gasteiger partial charge on any atom is -0.287 e. The van der Waals surface area contributed by atoms with Crippen LogP contribution in [0.3, 0.4) is 0 Å². The van der Waals surface area contributed by atoms with Crippen LogP contribution in [0.1, 0.15) is 11.6 Å². The van der Waals surface area contributed by atoms with Crippen molar-refractivity contribution in [3.8, 4) is 18.4 Å². The van der Waals surface area contributed by atoms with E-state index in [9.17, 15) is 4.39 Å². The number of benzene rings is 1. The predicted molar refractivity (Wildman–Crippen MR) is 56.6 cm³/mol. The highest BCUT2D eigenvalue weighted by atomic mass is 35.5. The number of hydrogen-bond donors (Lipinski definition) is 1. The van der Waals surface area contributed by atoms with Crippen LogP contribution in [-0.2, 0) is 0 Å². The molecular formula is C11H8ClFN2. The molecule has 0 bridgehead atoms. The molecule has 1 aromatic rings. The summed E-state index contributed by atoms with van der Waals surface area (Å²) < 4.78 is 12.7. The molecule has 0 aliphatic carbocycles. The molecule has 0 amide bonds. The summed E-state index contributed by atoms with van der Waals surface area (Å²) in [7, 11) is 0. The quantitative estimate of drug-likeness (QED) is 0.797. The number of terminal acetylenes is 1. The Balaban J connectivity index is 2.94. The lowest BCUT2D eigenvalue weighted by Crippen LogP contribution is -2.20. The number of halogens is 2. The Labute approximate surface area is 92.7 Å². The maximum Gasteiger partial charge on any atom is 0.124 e. The Hall–Kier alpha value is -1.55. The first kappa shape index (κ1) is 11.5. The fourth-order valence-corrected chi connectivity index (χ4v) is 1.40. The summed E-state index contributed by atoms with van der Waals surface area (Å²) in [5.74, 6) is 1.92. The van der Waals surface area contributed by atoms with Crippen molar-refractivity contribution >= 4 is 11.6 Å². The highest BCUT2D eigenvalue weighted by molar-refractivity contribution is 6.31. The van der Waals surface area contributed by atoms with Crippen molar-refractivity contribution in [3.05, 3.63) is 34.6 Å². The number of nitriles is 1. The van der Waals surface area contributed by atoms with Gasteiger partial charge in [0, 0.05) is 10.6 Å². The van der Waals surface area contributed by atoms with Crippen molar-refractivity contribution in [2.24, 2.45) is 0 Å². The molecule has 0 aliphatic rings. The molecule has 76 valence electrons. The van der Waals surface area contributed by atoms with Crippen LogP contribution in [0.4, 0.5) is 4.39 Å². The van der Waals surface area contributed by atoms with E-state index < -0.39 is 11.9 Å². The highest BCUT2D eigenvalue weighted by Crippen LogP contribution is 2.23. The summed E-state index contributed by atoms with van der Waals surface area (Å²) in [6.07, 6.45) is 5.06. The normalized spacial score (nSPS) is 11.5. The van der Waals surface area contributed by atoms with Crippen molar-refractivity contribution in [1.82, 2.24) is 5.32 Å². The van der Waals surface area contributed by atoms with Gasteiger partial charge in [-0.2, -0.15) is 5.26 Å². The molecule has 0 radical (unpaired) electrons. The summed E-state index contributed by atoms with van der Waals surface area (Å²) >= 11 is 5.80. The molecule has 1 aromatic carbocycles. The summed E-state index contributed by atoms with van der Waals surface area (Å²) in [5, 5.41) is 11.9. The van der Waals surface area contributed by atoms with E-state index in [1.54, 1.807) is 0 Å².